The van der Waals surface area contributed by atoms with E-state index in [0.29, 0.717) is 28.3 Å². The molecule has 0 aliphatic carbocycles. The first-order valence-electron chi connectivity index (χ1n) is 9.39. The van der Waals surface area contributed by atoms with E-state index < -0.39 is 4.92 Å². The normalized spacial score (nSPS) is 11.1. The molecule has 2 aromatic carbocycles. The third-order valence-electron chi connectivity index (χ3n) is 5.11. The highest BCUT2D eigenvalue weighted by Crippen LogP contribution is 2.33. The van der Waals surface area contributed by atoms with E-state index in [1.165, 1.54) is 22.8 Å². The molecular formula is C23H15N3O5. The van der Waals surface area contributed by atoms with Crippen molar-refractivity contribution in [3.8, 4) is 22.7 Å². The molecule has 0 N–H and O–H groups in total. The van der Waals surface area contributed by atoms with E-state index in [1.54, 1.807) is 37.6 Å². The number of furan rings is 1. The lowest BCUT2D eigenvalue weighted by Gasteiger charge is -2.08. The van der Waals surface area contributed by atoms with Gasteiger partial charge in [-0.25, -0.2) is 4.98 Å². The molecule has 0 fully saturated rings. The zero-order chi connectivity index (χ0) is 21.5. The number of hydrogen-bond donors (Lipinski definition) is 0. The minimum absolute atomic E-state index is 0.0460. The molecule has 0 amide bonds. The summed E-state index contributed by atoms with van der Waals surface area (Å²) >= 11 is 0. The summed E-state index contributed by atoms with van der Waals surface area (Å²) in [4.78, 5) is 27.5. The van der Waals surface area contributed by atoms with Crippen molar-refractivity contribution in [1.82, 2.24) is 9.55 Å². The maximum absolute atomic E-state index is 12.8. The monoisotopic (exact) mass is 413 g/mol. The molecule has 31 heavy (non-hydrogen) atoms. The number of methoxy groups -OCH3 is 1. The summed E-state index contributed by atoms with van der Waals surface area (Å²) in [5.41, 5.74) is 3.75. The zero-order valence-corrected chi connectivity index (χ0v) is 16.3. The van der Waals surface area contributed by atoms with Crippen molar-refractivity contribution >= 4 is 27.8 Å². The van der Waals surface area contributed by atoms with Crippen LogP contribution < -0.4 is 10.3 Å². The first kappa shape index (κ1) is 18.6. The highest BCUT2D eigenvalue weighted by Gasteiger charge is 2.16. The fourth-order valence-corrected chi connectivity index (χ4v) is 3.61. The summed E-state index contributed by atoms with van der Waals surface area (Å²) in [5.74, 6) is 0.519. The van der Waals surface area contributed by atoms with E-state index >= 15 is 0 Å². The van der Waals surface area contributed by atoms with E-state index in [9.17, 15) is 14.9 Å². The summed E-state index contributed by atoms with van der Waals surface area (Å²) in [7, 11) is 1.56. The molecule has 0 saturated heterocycles. The Bertz CT molecular complexity index is 1500. The van der Waals surface area contributed by atoms with Gasteiger partial charge in [0.2, 0.25) is 5.88 Å². The maximum Gasteiger partial charge on any atom is 0.269 e. The van der Waals surface area contributed by atoms with Crippen molar-refractivity contribution in [3.63, 3.8) is 0 Å². The van der Waals surface area contributed by atoms with Gasteiger partial charge in [0.15, 0.2) is 5.58 Å². The Morgan fingerprint density at radius 2 is 1.71 bits per heavy atom. The number of pyridine rings is 2. The lowest BCUT2D eigenvalue weighted by molar-refractivity contribution is -0.384. The van der Waals surface area contributed by atoms with Crippen LogP contribution in [0.1, 0.15) is 0 Å². The largest absolute Gasteiger partial charge is 0.481 e. The lowest BCUT2D eigenvalue weighted by atomic mass is 10.1. The van der Waals surface area contributed by atoms with Gasteiger partial charge in [-0.05, 0) is 42.0 Å². The molecule has 5 rings (SSSR count). The topological polar surface area (TPSA) is 100 Å². The van der Waals surface area contributed by atoms with Crippen LogP contribution in [0.2, 0.25) is 0 Å². The lowest BCUT2D eigenvalue weighted by Crippen LogP contribution is -2.16. The summed E-state index contributed by atoms with van der Waals surface area (Å²) < 4.78 is 12.6. The number of ether oxygens (including phenoxy) is 1. The maximum atomic E-state index is 12.8. The number of benzene rings is 2. The molecule has 0 saturated carbocycles. The number of aromatic nitrogens is 2. The predicted molar refractivity (Wildman–Crippen MR) is 116 cm³/mol. The fourth-order valence-electron chi connectivity index (χ4n) is 3.61. The van der Waals surface area contributed by atoms with E-state index in [-0.39, 0.29) is 11.2 Å². The molecule has 5 aromatic rings. The van der Waals surface area contributed by atoms with Gasteiger partial charge < -0.3 is 9.15 Å². The molecule has 0 aliphatic rings. The van der Waals surface area contributed by atoms with Crippen LogP contribution in [0.4, 0.5) is 5.69 Å². The van der Waals surface area contributed by atoms with E-state index in [1.807, 2.05) is 24.3 Å². The van der Waals surface area contributed by atoms with Crippen molar-refractivity contribution in [2.45, 2.75) is 0 Å². The summed E-state index contributed by atoms with van der Waals surface area (Å²) in [6.45, 7) is 0. The first-order valence-corrected chi connectivity index (χ1v) is 9.39. The average Bonchev–Trinajstić information content (AvgIpc) is 3.17. The molecule has 8 nitrogen and oxygen atoms in total. The second-order valence-electron chi connectivity index (χ2n) is 6.90. The molecule has 0 atom stereocenters. The minimum Gasteiger partial charge on any atom is -0.481 e. The number of nitro benzene ring substituents is 1. The van der Waals surface area contributed by atoms with Gasteiger partial charge >= 0.3 is 0 Å². The molecular weight excluding hydrogens is 398 g/mol. The highest BCUT2D eigenvalue weighted by molar-refractivity contribution is 6.05. The minimum atomic E-state index is -0.477. The number of nitro groups is 1. The quantitative estimate of drug-likeness (QED) is 0.312. The third-order valence-corrected chi connectivity index (χ3v) is 5.11. The van der Waals surface area contributed by atoms with Crippen LogP contribution >= 0.6 is 0 Å². The van der Waals surface area contributed by atoms with Gasteiger partial charge in [-0.2, -0.15) is 0 Å². The highest BCUT2D eigenvalue weighted by atomic mass is 16.6. The Labute approximate surface area is 175 Å². The van der Waals surface area contributed by atoms with Crippen LogP contribution in [-0.4, -0.2) is 21.6 Å². The Morgan fingerprint density at radius 3 is 2.39 bits per heavy atom. The molecule has 8 heteroatoms. The van der Waals surface area contributed by atoms with Gasteiger partial charge in [0.05, 0.1) is 12.0 Å². The molecule has 152 valence electrons. The van der Waals surface area contributed by atoms with Crippen LogP contribution in [0.25, 0.3) is 38.9 Å². The van der Waals surface area contributed by atoms with Gasteiger partial charge in [-0.3, -0.25) is 19.5 Å². The molecule has 0 bridgehead atoms. The van der Waals surface area contributed by atoms with Gasteiger partial charge in [-0.1, -0.05) is 6.07 Å². The van der Waals surface area contributed by atoms with Gasteiger partial charge in [-0.15, -0.1) is 0 Å². The van der Waals surface area contributed by atoms with Crippen LogP contribution in [0.5, 0.6) is 5.88 Å². The molecule has 3 heterocycles. The van der Waals surface area contributed by atoms with E-state index in [4.69, 9.17) is 9.15 Å². The van der Waals surface area contributed by atoms with Crippen molar-refractivity contribution < 1.29 is 14.1 Å². The van der Waals surface area contributed by atoms with Crippen molar-refractivity contribution in [2.75, 3.05) is 7.11 Å². The second-order valence-corrected chi connectivity index (χ2v) is 6.90. The second kappa shape index (κ2) is 7.10. The Morgan fingerprint density at radius 1 is 0.968 bits per heavy atom. The molecule has 0 aliphatic heterocycles. The first-order chi connectivity index (χ1) is 15.0. The zero-order valence-electron chi connectivity index (χ0n) is 16.3. The average molecular weight is 413 g/mol. The molecule has 0 unspecified atom stereocenters. The van der Waals surface area contributed by atoms with Gasteiger partial charge in [0.1, 0.15) is 11.1 Å². The van der Waals surface area contributed by atoms with Crippen LogP contribution in [0.15, 0.2) is 82.1 Å². The van der Waals surface area contributed by atoms with E-state index in [2.05, 4.69) is 4.98 Å². The standard InChI is InChI=1S/C23H15N3O5/c1-30-21-10-3-15(13-24-21)14-2-8-19-18(12-14)23-20(31-19)9-11-22(27)25(23)16-4-6-17(7-5-16)26(28)29/h2-13H,1H3. The summed E-state index contributed by atoms with van der Waals surface area (Å²) in [6, 6.07) is 18.3. The van der Waals surface area contributed by atoms with Crippen LogP contribution in [-0.2, 0) is 0 Å². The summed E-state index contributed by atoms with van der Waals surface area (Å²) in [5, 5.41) is 11.7. The Hall–Kier alpha value is -4.46. The molecule has 0 spiro atoms. The van der Waals surface area contributed by atoms with Crippen LogP contribution in [0.3, 0.4) is 0 Å². The third kappa shape index (κ3) is 3.10. The van der Waals surface area contributed by atoms with Crippen LogP contribution in [0, 0.1) is 10.1 Å². The predicted octanol–water partition coefficient (Wildman–Crippen LogP) is 4.72. The fraction of sp³-hybridized carbons (Fsp3) is 0.0435. The smallest absolute Gasteiger partial charge is 0.269 e. The number of nitrogens with zero attached hydrogens (tertiary/aromatic N) is 3. The molecule has 3 aromatic heterocycles. The van der Waals surface area contributed by atoms with Gasteiger partial charge in [0.25, 0.3) is 11.2 Å². The van der Waals surface area contributed by atoms with E-state index in [0.717, 1.165) is 16.5 Å². The SMILES string of the molecule is COc1ccc(-c2ccc3oc4ccc(=O)n(-c5ccc([N+](=O)[O-])cc5)c4c3c2)cn1. The Balaban J connectivity index is 1.74. The van der Waals surface area contributed by atoms with Crippen molar-refractivity contribution in [3.05, 3.63) is 93.4 Å². The number of hydrogen-bond acceptors (Lipinski definition) is 6. The van der Waals surface area contributed by atoms with Crippen molar-refractivity contribution in [2.24, 2.45) is 0 Å². The Kier molecular flexibility index (Phi) is 4.25. The number of fused-ring (bicyclic) bond motifs is 3. The summed E-state index contributed by atoms with van der Waals surface area (Å²) in [6.07, 6.45) is 1.71. The number of rotatable bonds is 4. The molecule has 0 radical (unpaired) electrons. The van der Waals surface area contributed by atoms with Crippen molar-refractivity contribution in [1.29, 1.82) is 0 Å². The van der Waals surface area contributed by atoms with Gasteiger partial charge in [0, 0.05) is 47.1 Å². The number of non-ortho nitro benzene ring substituents is 1.